The summed E-state index contributed by atoms with van der Waals surface area (Å²) in [5, 5.41) is 0. The van der Waals surface area contributed by atoms with E-state index in [2.05, 4.69) is 61.0 Å². The molecule has 0 heterocycles. The van der Waals surface area contributed by atoms with Crippen molar-refractivity contribution in [1.29, 1.82) is 0 Å². The average Bonchev–Trinajstić information content (AvgIpc) is 2.74. The molecule has 1 radical (unpaired) electrons. The molecule has 0 heteroatoms. The SMILES string of the molecule is [CH]1c2ccccc2CC1c1ccccc1. The van der Waals surface area contributed by atoms with Gasteiger partial charge in [0.2, 0.25) is 0 Å². The van der Waals surface area contributed by atoms with Crippen molar-refractivity contribution in [3.63, 3.8) is 0 Å². The highest BCUT2D eigenvalue weighted by Gasteiger charge is 2.22. The number of benzene rings is 2. The molecule has 1 atom stereocenters. The molecule has 1 aliphatic rings. The Morgan fingerprint density at radius 1 is 0.800 bits per heavy atom. The van der Waals surface area contributed by atoms with E-state index in [1.54, 1.807) is 0 Å². The normalized spacial score (nSPS) is 15.2. The zero-order chi connectivity index (χ0) is 10.1. The quantitative estimate of drug-likeness (QED) is 0.649. The molecule has 0 aliphatic heterocycles. The Bertz CT molecular complexity index is 431. The molecule has 0 saturated heterocycles. The van der Waals surface area contributed by atoms with Crippen molar-refractivity contribution in [3.8, 4) is 0 Å². The molecule has 73 valence electrons. The fourth-order valence-electron chi connectivity index (χ4n) is 2.31. The van der Waals surface area contributed by atoms with Crippen LogP contribution in [0.3, 0.4) is 0 Å². The zero-order valence-corrected chi connectivity index (χ0v) is 8.56. The van der Waals surface area contributed by atoms with Crippen LogP contribution in [-0.4, -0.2) is 0 Å². The first kappa shape index (κ1) is 8.72. The third-order valence-corrected chi connectivity index (χ3v) is 3.10. The van der Waals surface area contributed by atoms with Crippen LogP contribution >= 0.6 is 0 Å². The third-order valence-electron chi connectivity index (χ3n) is 3.10. The van der Waals surface area contributed by atoms with Gasteiger partial charge in [0.1, 0.15) is 0 Å². The summed E-state index contributed by atoms with van der Waals surface area (Å²) in [6.07, 6.45) is 3.53. The smallest absolute Gasteiger partial charge is 0.00122 e. The first-order valence-corrected chi connectivity index (χ1v) is 5.41. The fourth-order valence-corrected chi connectivity index (χ4v) is 2.31. The Morgan fingerprint density at radius 2 is 1.53 bits per heavy atom. The molecular weight excluding hydrogens is 180 g/mol. The molecule has 0 nitrogen and oxygen atoms in total. The van der Waals surface area contributed by atoms with Crippen molar-refractivity contribution >= 4 is 0 Å². The molecule has 0 aromatic heterocycles. The molecular formula is C15H13. The van der Waals surface area contributed by atoms with Crippen molar-refractivity contribution < 1.29 is 0 Å². The second kappa shape index (κ2) is 3.54. The summed E-state index contributed by atoms with van der Waals surface area (Å²) in [6, 6.07) is 19.4. The largest absolute Gasteiger partial charge is 0.0622 e. The maximum Gasteiger partial charge on any atom is -0.00122 e. The van der Waals surface area contributed by atoms with E-state index in [4.69, 9.17) is 0 Å². The lowest BCUT2D eigenvalue weighted by molar-refractivity contribution is 0.847. The number of rotatable bonds is 1. The lowest BCUT2D eigenvalue weighted by atomic mass is 9.96. The van der Waals surface area contributed by atoms with Crippen LogP contribution in [0, 0.1) is 6.42 Å². The Morgan fingerprint density at radius 3 is 2.33 bits per heavy atom. The zero-order valence-electron chi connectivity index (χ0n) is 8.56. The molecule has 0 amide bonds. The van der Waals surface area contributed by atoms with Crippen LogP contribution in [0.2, 0.25) is 0 Å². The first-order chi connectivity index (χ1) is 7.43. The molecule has 0 bridgehead atoms. The molecule has 1 aliphatic carbocycles. The summed E-state index contributed by atoms with van der Waals surface area (Å²) in [7, 11) is 0. The van der Waals surface area contributed by atoms with Crippen LogP contribution in [-0.2, 0) is 6.42 Å². The van der Waals surface area contributed by atoms with Crippen molar-refractivity contribution in [1.82, 2.24) is 0 Å². The monoisotopic (exact) mass is 193 g/mol. The second-order valence-corrected chi connectivity index (χ2v) is 4.09. The summed E-state index contributed by atoms with van der Waals surface area (Å²) in [4.78, 5) is 0. The van der Waals surface area contributed by atoms with Crippen LogP contribution < -0.4 is 0 Å². The van der Waals surface area contributed by atoms with E-state index in [1.807, 2.05) is 0 Å². The number of hydrogen-bond donors (Lipinski definition) is 0. The van der Waals surface area contributed by atoms with Gasteiger partial charge >= 0.3 is 0 Å². The first-order valence-electron chi connectivity index (χ1n) is 5.41. The Hall–Kier alpha value is -1.56. The van der Waals surface area contributed by atoms with Gasteiger partial charge in [-0.15, -0.1) is 0 Å². The van der Waals surface area contributed by atoms with Crippen LogP contribution in [0.4, 0.5) is 0 Å². The van der Waals surface area contributed by atoms with Gasteiger partial charge in [0.25, 0.3) is 0 Å². The molecule has 0 N–H and O–H groups in total. The summed E-state index contributed by atoms with van der Waals surface area (Å²) in [6.45, 7) is 0. The second-order valence-electron chi connectivity index (χ2n) is 4.09. The highest BCUT2D eigenvalue weighted by atomic mass is 14.3. The van der Waals surface area contributed by atoms with Gasteiger partial charge in [0.05, 0.1) is 0 Å². The van der Waals surface area contributed by atoms with E-state index >= 15 is 0 Å². The van der Waals surface area contributed by atoms with Gasteiger partial charge in [-0.3, -0.25) is 0 Å². The third kappa shape index (κ3) is 1.56. The highest BCUT2D eigenvalue weighted by molar-refractivity contribution is 5.44. The van der Waals surface area contributed by atoms with E-state index in [0.717, 1.165) is 6.42 Å². The van der Waals surface area contributed by atoms with Gasteiger partial charge < -0.3 is 0 Å². The summed E-state index contributed by atoms with van der Waals surface area (Å²) in [5.41, 5.74) is 4.31. The number of hydrogen-bond acceptors (Lipinski definition) is 0. The van der Waals surface area contributed by atoms with Gasteiger partial charge in [0, 0.05) is 0 Å². The van der Waals surface area contributed by atoms with Crippen molar-refractivity contribution in [3.05, 3.63) is 77.7 Å². The van der Waals surface area contributed by atoms with E-state index in [1.165, 1.54) is 16.7 Å². The van der Waals surface area contributed by atoms with Crippen molar-refractivity contribution in [2.75, 3.05) is 0 Å². The van der Waals surface area contributed by atoms with Gasteiger partial charge in [0.15, 0.2) is 0 Å². The molecule has 0 saturated carbocycles. The average molecular weight is 193 g/mol. The Kier molecular flexibility index (Phi) is 2.06. The minimum absolute atomic E-state index is 0.573. The minimum Gasteiger partial charge on any atom is -0.0622 e. The van der Waals surface area contributed by atoms with Crippen LogP contribution in [0.25, 0.3) is 0 Å². The summed E-state index contributed by atoms with van der Waals surface area (Å²) in [5.74, 6) is 0.573. The van der Waals surface area contributed by atoms with Gasteiger partial charge in [-0.25, -0.2) is 0 Å². The van der Waals surface area contributed by atoms with E-state index in [0.29, 0.717) is 5.92 Å². The predicted octanol–water partition coefficient (Wildman–Crippen LogP) is 3.58. The molecule has 2 aromatic rings. The number of fused-ring (bicyclic) bond motifs is 1. The van der Waals surface area contributed by atoms with Crippen LogP contribution in [0.1, 0.15) is 22.6 Å². The molecule has 0 fully saturated rings. The summed E-state index contributed by atoms with van der Waals surface area (Å²) >= 11 is 0. The predicted molar refractivity (Wildman–Crippen MR) is 62.7 cm³/mol. The lowest BCUT2D eigenvalue weighted by Crippen LogP contribution is -1.94. The van der Waals surface area contributed by atoms with E-state index in [9.17, 15) is 0 Å². The fraction of sp³-hybridized carbons (Fsp3) is 0.133. The maximum atomic E-state index is 2.38. The Labute approximate surface area is 90.6 Å². The molecule has 3 rings (SSSR count). The maximum absolute atomic E-state index is 2.38. The highest BCUT2D eigenvalue weighted by Crippen LogP contribution is 2.35. The molecule has 2 aromatic carbocycles. The molecule has 1 unspecified atom stereocenters. The molecule has 15 heavy (non-hydrogen) atoms. The lowest BCUT2D eigenvalue weighted by Gasteiger charge is -2.07. The van der Waals surface area contributed by atoms with E-state index in [-0.39, 0.29) is 0 Å². The molecule has 0 spiro atoms. The van der Waals surface area contributed by atoms with Crippen molar-refractivity contribution in [2.24, 2.45) is 0 Å². The summed E-state index contributed by atoms with van der Waals surface area (Å²) < 4.78 is 0. The van der Waals surface area contributed by atoms with Gasteiger partial charge in [-0.05, 0) is 35.4 Å². The standard InChI is InChI=1S/C15H13/c1-2-6-12(7-3-1)15-10-13-8-4-5-9-14(13)11-15/h1-10,15H,11H2. The minimum atomic E-state index is 0.573. The van der Waals surface area contributed by atoms with Crippen molar-refractivity contribution in [2.45, 2.75) is 12.3 Å². The van der Waals surface area contributed by atoms with Crippen LogP contribution in [0.15, 0.2) is 54.6 Å². The van der Waals surface area contributed by atoms with Gasteiger partial charge in [-0.1, -0.05) is 54.6 Å². The topological polar surface area (TPSA) is 0 Å². The Balaban J connectivity index is 1.91. The van der Waals surface area contributed by atoms with Gasteiger partial charge in [-0.2, -0.15) is 0 Å². The van der Waals surface area contributed by atoms with E-state index < -0.39 is 0 Å². The van der Waals surface area contributed by atoms with Crippen LogP contribution in [0.5, 0.6) is 0 Å².